The molecule has 5 aliphatic carbocycles. The molecule has 4 heteroatoms. The molecule has 5 saturated carbocycles. The topological polar surface area (TPSA) is 63.6 Å². The smallest absolute Gasteiger partial charge is 0.324 e. The lowest BCUT2D eigenvalue weighted by molar-refractivity contribution is -0.187. The highest BCUT2D eigenvalue weighted by Gasteiger charge is 2.65. The summed E-state index contributed by atoms with van der Waals surface area (Å²) in [4.78, 5) is 25.0. The lowest BCUT2D eigenvalue weighted by Gasteiger charge is -2.46. The maximum atomic E-state index is 13.1. The Morgan fingerprint density at radius 1 is 1.04 bits per heavy atom. The van der Waals surface area contributed by atoms with E-state index in [4.69, 9.17) is 4.74 Å². The molecule has 0 aliphatic heterocycles. The molecule has 0 heterocycles. The van der Waals surface area contributed by atoms with Gasteiger partial charge in [0.25, 0.3) is 0 Å². The number of ether oxygens (including phenoxy) is 1. The Labute approximate surface area is 162 Å². The summed E-state index contributed by atoms with van der Waals surface area (Å²) in [5.74, 6) is 4.19. The molecule has 0 amide bonds. The maximum absolute atomic E-state index is 13.1. The van der Waals surface area contributed by atoms with Crippen LogP contribution in [0.4, 0.5) is 0 Å². The van der Waals surface area contributed by atoms with Crippen LogP contribution >= 0.6 is 0 Å². The molecule has 4 nitrogen and oxygen atoms in total. The molecule has 5 fully saturated rings. The van der Waals surface area contributed by atoms with Gasteiger partial charge >= 0.3 is 11.9 Å². The molecule has 5 aliphatic rings. The summed E-state index contributed by atoms with van der Waals surface area (Å²) in [6.45, 7) is 4.21. The molecule has 0 aromatic rings. The number of carbonyl (C=O) groups excluding carboxylic acids is 1. The number of aliphatic carboxylic acids is 1. The molecule has 27 heavy (non-hydrogen) atoms. The molecule has 0 radical (unpaired) electrons. The molecular formula is C23H34O4. The second-order valence-electron chi connectivity index (χ2n) is 10.6. The minimum Gasteiger partial charge on any atom is -0.480 e. The van der Waals surface area contributed by atoms with E-state index in [1.54, 1.807) is 0 Å². The molecular weight excluding hydrogens is 340 g/mol. The number of fused-ring (bicyclic) bond motifs is 9. The van der Waals surface area contributed by atoms with Gasteiger partial charge < -0.3 is 9.84 Å². The zero-order valence-corrected chi connectivity index (χ0v) is 16.8. The van der Waals surface area contributed by atoms with Gasteiger partial charge in [-0.3, -0.25) is 9.59 Å². The monoisotopic (exact) mass is 374 g/mol. The highest BCUT2D eigenvalue weighted by Crippen LogP contribution is 2.70. The van der Waals surface area contributed by atoms with E-state index in [1.165, 1.54) is 32.1 Å². The van der Waals surface area contributed by atoms with E-state index < -0.39 is 23.0 Å². The quantitative estimate of drug-likeness (QED) is 0.432. The maximum Gasteiger partial charge on any atom is 0.324 e. The second-order valence-corrected chi connectivity index (χ2v) is 10.6. The van der Waals surface area contributed by atoms with Crippen molar-refractivity contribution < 1.29 is 19.4 Å². The van der Waals surface area contributed by atoms with Gasteiger partial charge in [0.05, 0.1) is 0 Å². The van der Waals surface area contributed by atoms with E-state index in [0.29, 0.717) is 24.7 Å². The van der Waals surface area contributed by atoms with Gasteiger partial charge in [0.2, 0.25) is 0 Å². The van der Waals surface area contributed by atoms with Crippen molar-refractivity contribution in [2.24, 2.45) is 46.8 Å². The first-order valence-corrected chi connectivity index (χ1v) is 11.4. The van der Waals surface area contributed by atoms with Crippen molar-refractivity contribution in [3.05, 3.63) is 0 Å². The van der Waals surface area contributed by atoms with E-state index in [9.17, 15) is 14.7 Å². The Hall–Kier alpha value is -1.06. The van der Waals surface area contributed by atoms with Crippen LogP contribution < -0.4 is 0 Å². The third-order valence-corrected chi connectivity index (χ3v) is 9.80. The highest BCUT2D eigenvalue weighted by molar-refractivity contribution is 5.99. The number of rotatable bonds is 5. The van der Waals surface area contributed by atoms with E-state index in [1.807, 2.05) is 0 Å². The van der Waals surface area contributed by atoms with E-state index in [0.717, 1.165) is 48.9 Å². The SMILES string of the molecule is CCC(C)(OC(=O)C1(C(=O)O)CCCC1)C1CC2CC1C1C3CCC(C3)C21. The average Bonchev–Trinajstić information content (AvgIpc) is 3.46. The Morgan fingerprint density at radius 2 is 1.70 bits per heavy atom. The number of hydrogen-bond acceptors (Lipinski definition) is 3. The van der Waals surface area contributed by atoms with Gasteiger partial charge in [-0.2, -0.15) is 0 Å². The van der Waals surface area contributed by atoms with Gasteiger partial charge in [-0.25, -0.2) is 0 Å². The third-order valence-electron chi connectivity index (χ3n) is 9.80. The van der Waals surface area contributed by atoms with Crippen LogP contribution in [-0.2, 0) is 14.3 Å². The molecule has 8 unspecified atom stereocenters. The molecule has 4 bridgehead atoms. The number of esters is 1. The number of carboxylic acid groups (broad SMARTS) is 1. The highest BCUT2D eigenvalue weighted by atomic mass is 16.6. The molecule has 0 saturated heterocycles. The van der Waals surface area contributed by atoms with Crippen molar-refractivity contribution in [1.82, 2.24) is 0 Å². The largest absolute Gasteiger partial charge is 0.480 e. The van der Waals surface area contributed by atoms with E-state index >= 15 is 0 Å². The predicted molar refractivity (Wildman–Crippen MR) is 101 cm³/mol. The zero-order valence-electron chi connectivity index (χ0n) is 16.8. The van der Waals surface area contributed by atoms with Crippen LogP contribution in [0.2, 0.25) is 0 Å². The van der Waals surface area contributed by atoms with Crippen LogP contribution in [0.1, 0.15) is 78.1 Å². The number of carboxylic acids is 1. The molecule has 0 aromatic heterocycles. The Morgan fingerprint density at radius 3 is 2.33 bits per heavy atom. The summed E-state index contributed by atoms with van der Waals surface area (Å²) in [5, 5.41) is 9.77. The van der Waals surface area contributed by atoms with Crippen molar-refractivity contribution in [3.63, 3.8) is 0 Å². The van der Waals surface area contributed by atoms with Gasteiger partial charge in [0, 0.05) is 5.92 Å². The zero-order chi connectivity index (χ0) is 19.0. The summed E-state index contributed by atoms with van der Waals surface area (Å²) < 4.78 is 6.18. The minimum atomic E-state index is -1.29. The first-order chi connectivity index (χ1) is 12.9. The van der Waals surface area contributed by atoms with Crippen molar-refractivity contribution in [3.8, 4) is 0 Å². The van der Waals surface area contributed by atoms with Crippen molar-refractivity contribution in [2.75, 3.05) is 0 Å². The van der Waals surface area contributed by atoms with Crippen molar-refractivity contribution in [2.45, 2.75) is 83.7 Å². The van der Waals surface area contributed by atoms with Crippen LogP contribution in [0, 0.1) is 46.8 Å². The van der Waals surface area contributed by atoms with Gasteiger partial charge in [0.15, 0.2) is 5.41 Å². The summed E-state index contributed by atoms with van der Waals surface area (Å²) >= 11 is 0. The second kappa shape index (κ2) is 5.97. The standard InChI is InChI=1S/C23H34O4/c1-3-22(2,27-21(26)23(20(24)25)8-4-5-9-23)17-12-15-11-16(17)19-14-7-6-13(10-14)18(15)19/h13-19H,3-12H2,1-2H3,(H,24,25). The molecule has 1 N–H and O–H groups in total. The lowest BCUT2D eigenvalue weighted by atomic mass is 9.63. The minimum absolute atomic E-state index is 0.421. The fourth-order valence-corrected chi connectivity index (χ4v) is 8.47. The average molecular weight is 375 g/mol. The molecule has 0 aromatic carbocycles. The molecule has 8 atom stereocenters. The molecule has 0 spiro atoms. The lowest BCUT2D eigenvalue weighted by Crippen LogP contribution is -2.49. The first kappa shape index (κ1) is 18.0. The van der Waals surface area contributed by atoms with Crippen LogP contribution in [-0.4, -0.2) is 22.6 Å². The van der Waals surface area contributed by atoms with E-state index in [2.05, 4.69) is 13.8 Å². The van der Waals surface area contributed by atoms with Crippen molar-refractivity contribution >= 4 is 11.9 Å². The van der Waals surface area contributed by atoms with Crippen LogP contribution in [0.5, 0.6) is 0 Å². The van der Waals surface area contributed by atoms with Crippen LogP contribution in [0.15, 0.2) is 0 Å². The summed E-state index contributed by atoms with van der Waals surface area (Å²) in [6, 6.07) is 0. The normalized spacial score (nSPS) is 45.6. The van der Waals surface area contributed by atoms with Crippen LogP contribution in [0.25, 0.3) is 0 Å². The summed E-state index contributed by atoms with van der Waals surface area (Å²) in [7, 11) is 0. The Kier molecular flexibility index (Phi) is 3.98. The Bertz CT molecular complexity index is 651. The third kappa shape index (κ3) is 2.34. The molecule has 150 valence electrons. The van der Waals surface area contributed by atoms with Gasteiger partial charge in [-0.15, -0.1) is 0 Å². The summed E-state index contributed by atoms with van der Waals surface area (Å²) in [5.41, 5.74) is -1.79. The number of hydrogen-bond donors (Lipinski definition) is 1. The van der Waals surface area contributed by atoms with Gasteiger partial charge in [-0.05, 0) is 93.8 Å². The van der Waals surface area contributed by atoms with Gasteiger partial charge in [0.1, 0.15) is 5.60 Å². The summed E-state index contributed by atoms with van der Waals surface area (Å²) in [6.07, 6.45) is 10.1. The first-order valence-electron chi connectivity index (χ1n) is 11.4. The van der Waals surface area contributed by atoms with Crippen molar-refractivity contribution in [1.29, 1.82) is 0 Å². The van der Waals surface area contributed by atoms with Gasteiger partial charge in [-0.1, -0.05) is 19.8 Å². The van der Waals surface area contributed by atoms with Crippen LogP contribution in [0.3, 0.4) is 0 Å². The van der Waals surface area contributed by atoms with E-state index in [-0.39, 0.29) is 0 Å². The molecule has 5 rings (SSSR count). The number of carbonyl (C=O) groups is 2. The predicted octanol–water partition coefficient (Wildman–Crippen LogP) is 4.66. The Balaban J connectivity index is 1.37. The fourth-order valence-electron chi connectivity index (χ4n) is 8.47. The fraction of sp³-hybridized carbons (Fsp3) is 0.913.